The van der Waals surface area contributed by atoms with Gasteiger partial charge in [-0.15, -0.1) is 0 Å². The molecule has 5 heteroatoms. The predicted molar refractivity (Wildman–Crippen MR) is 73.7 cm³/mol. The highest BCUT2D eigenvalue weighted by Crippen LogP contribution is 2.18. The van der Waals surface area contributed by atoms with Gasteiger partial charge < -0.3 is 13.3 Å². The number of aliphatic imine (C=N–C) groups is 1. The first-order chi connectivity index (χ1) is 8.10. The van der Waals surface area contributed by atoms with Gasteiger partial charge in [0.15, 0.2) is 0 Å². The van der Waals surface area contributed by atoms with Crippen LogP contribution >= 0.6 is 0 Å². The zero-order valence-corrected chi connectivity index (χ0v) is 12.9. The minimum absolute atomic E-state index is 0.641. The summed E-state index contributed by atoms with van der Waals surface area (Å²) in [4.78, 5) is 4.38. The first-order valence-electron chi connectivity index (χ1n) is 6.49. The van der Waals surface area contributed by atoms with Gasteiger partial charge in [0.2, 0.25) is 0 Å². The maximum atomic E-state index is 5.76. The standard InChI is InChI=1S/C12H27NO3Si/c1-6-14-17(15-7-2,16-8-3)11-9-10-13-12(4)5/h6-11H2,1-5H3. The Morgan fingerprint density at radius 3 is 1.76 bits per heavy atom. The number of nitrogens with zero attached hydrogens (tertiary/aromatic N) is 1. The fraction of sp³-hybridized carbons (Fsp3) is 0.917. The molecule has 0 unspecified atom stereocenters. The van der Waals surface area contributed by atoms with Gasteiger partial charge in [0.1, 0.15) is 0 Å². The SMILES string of the molecule is CCO[Si](CCCN=C(C)C)(OCC)OCC. The number of hydrogen-bond acceptors (Lipinski definition) is 4. The normalized spacial score (nSPS) is 11.6. The summed E-state index contributed by atoms with van der Waals surface area (Å²) in [6.45, 7) is 12.7. The van der Waals surface area contributed by atoms with Gasteiger partial charge in [0.05, 0.1) is 0 Å². The Kier molecular flexibility index (Phi) is 9.63. The Labute approximate surface area is 107 Å². The van der Waals surface area contributed by atoms with Crippen molar-refractivity contribution in [3.05, 3.63) is 0 Å². The van der Waals surface area contributed by atoms with Crippen LogP contribution in [0.1, 0.15) is 41.0 Å². The van der Waals surface area contributed by atoms with E-state index in [2.05, 4.69) is 4.99 Å². The van der Waals surface area contributed by atoms with E-state index in [0.717, 1.165) is 24.7 Å². The molecule has 0 amide bonds. The van der Waals surface area contributed by atoms with Crippen LogP contribution in [-0.4, -0.2) is 40.9 Å². The lowest BCUT2D eigenvalue weighted by atomic mass is 10.4. The summed E-state index contributed by atoms with van der Waals surface area (Å²) in [6.07, 6.45) is 0.956. The molecule has 102 valence electrons. The molecule has 0 aromatic rings. The molecule has 0 spiro atoms. The van der Waals surface area contributed by atoms with E-state index in [0.29, 0.717) is 19.8 Å². The highest BCUT2D eigenvalue weighted by molar-refractivity contribution is 6.60. The molecule has 0 bridgehead atoms. The van der Waals surface area contributed by atoms with Crippen LogP contribution < -0.4 is 0 Å². The Balaban J connectivity index is 4.28. The van der Waals surface area contributed by atoms with Crippen LogP contribution in [0.5, 0.6) is 0 Å². The fourth-order valence-electron chi connectivity index (χ4n) is 1.60. The van der Waals surface area contributed by atoms with Gasteiger partial charge in [-0.05, 0) is 41.0 Å². The Morgan fingerprint density at radius 2 is 1.41 bits per heavy atom. The van der Waals surface area contributed by atoms with Gasteiger partial charge in [0, 0.05) is 38.1 Å². The summed E-state index contributed by atoms with van der Waals surface area (Å²) in [5, 5.41) is 0. The van der Waals surface area contributed by atoms with Crippen molar-refractivity contribution < 1.29 is 13.3 Å². The first-order valence-corrected chi connectivity index (χ1v) is 8.42. The van der Waals surface area contributed by atoms with Crippen molar-refractivity contribution in [3.63, 3.8) is 0 Å². The molecule has 0 saturated carbocycles. The average molecular weight is 261 g/mol. The monoisotopic (exact) mass is 261 g/mol. The Bertz CT molecular complexity index is 201. The van der Waals surface area contributed by atoms with Gasteiger partial charge in [0.25, 0.3) is 0 Å². The molecule has 0 aromatic heterocycles. The number of hydrogen-bond donors (Lipinski definition) is 0. The Hall–Kier alpha value is -0.233. The fourth-order valence-corrected chi connectivity index (χ4v) is 4.19. The molecule has 0 radical (unpaired) electrons. The average Bonchev–Trinajstić information content (AvgIpc) is 2.25. The van der Waals surface area contributed by atoms with Crippen LogP contribution in [0.25, 0.3) is 0 Å². The highest BCUT2D eigenvalue weighted by atomic mass is 28.4. The van der Waals surface area contributed by atoms with Crippen molar-refractivity contribution in [1.82, 2.24) is 0 Å². The van der Waals surface area contributed by atoms with Crippen molar-refractivity contribution in [2.24, 2.45) is 4.99 Å². The smallest absolute Gasteiger partial charge is 0.374 e. The van der Waals surface area contributed by atoms with E-state index >= 15 is 0 Å². The van der Waals surface area contributed by atoms with E-state index in [1.54, 1.807) is 0 Å². The topological polar surface area (TPSA) is 40.0 Å². The summed E-state index contributed by atoms with van der Waals surface area (Å²) in [5.41, 5.74) is 1.11. The molecule has 0 N–H and O–H groups in total. The summed E-state index contributed by atoms with van der Waals surface area (Å²) in [5.74, 6) is 0. The summed E-state index contributed by atoms with van der Waals surface area (Å²) >= 11 is 0. The third kappa shape index (κ3) is 7.65. The third-order valence-electron chi connectivity index (χ3n) is 2.16. The molecule has 4 nitrogen and oxygen atoms in total. The predicted octanol–water partition coefficient (Wildman–Crippen LogP) is 2.91. The van der Waals surface area contributed by atoms with E-state index in [9.17, 15) is 0 Å². The zero-order chi connectivity index (χ0) is 13.1. The van der Waals surface area contributed by atoms with Crippen molar-refractivity contribution in [2.45, 2.75) is 47.1 Å². The van der Waals surface area contributed by atoms with E-state index in [4.69, 9.17) is 13.3 Å². The lowest BCUT2D eigenvalue weighted by Gasteiger charge is -2.28. The first kappa shape index (κ1) is 16.8. The summed E-state index contributed by atoms with van der Waals surface area (Å²) < 4.78 is 17.3. The lowest BCUT2D eigenvalue weighted by molar-refractivity contribution is 0.0710. The molecule has 0 aliphatic carbocycles. The van der Waals surface area contributed by atoms with Crippen LogP contribution in [0.4, 0.5) is 0 Å². The molecule has 0 fully saturated rings. The minimum Gasteiger partial charge on any atom is -0.374 e. The van der Waals surface area contributed by atoms with Gasteiger partial charge in [-0.25, -0.2) is 0 Å². The Morgan fingerprint density at radius 1 is 0.941 bits per heavy atom. The van der Waals surface area contributed by atoms with Gasteiger partial charge >= 0.3 is 8.80 Å². The molecule has 0 aliphatic rings. The highest BCUT2D eigenvalue weighted by Gasteiger charge is 2.39. The van der Waals surface area contributed by atoms with Crippen LogP contribution in [0.2, 0.25) is 6.04 Å². The van der Waals surface area contributed by atoms with Crippen LogP contribution in [-0.2, 0) is 13.3 Å². The van der Waals surface area contributed by atoms with E-state index in [1.807, 2.05) is 34.6 Å². The second kappa shape index (κ2) is 9.76. The lowest BCUT2D eigenvalue weighted by Crippen LogP contribution is -2.46. The van der Waals surface area contributed by atoms with Crippen LogP contribution in [0.3, 0.4) is 0 Å². The minimum atomic E-state index is -2.44. The largest absolute Gasteiger partial charge is 0.500 e. The molecule has 0 aliphatic heterocycles. The van der Waals surface area contributed by atoms with E-state index in [1.165, 1.54) is 0 Å². The van der Waals surface area contributed by atoms with E-state index < -0.39 is 8.80 Å². The quantitative estimate of drug-likeness (QED) is 0.345. The summed E-state index contributed by atoms with van der Waals surface area (Å²) in [7, 11) is -2.44. The number of rotatable bonds is 10. The van der Waals surface area contributed by atoms with Gasteiger partial charge in [-0.1, -0.05) is 0 Å². The van der Waals surface area contributed by atoms with Gasteiger partial charge in [-0.3, -0.25) is 4.99 Å². The maximum absolute atomic E-state index is 5.76. The van der Waals surface area contributed by atoms with Crippen molar-refractivity contribution in [3.8, 4) is 0 Å². The molecule has 17 heavy (non-hydrogen) atoms. The molecule has 0 rings (SSSR count). The third-order valence-corrected chi connectivity index (χ3v) is 5.31. The molecule has 0 saturated heterocycles. The van der Waals surface area contributed by atoms with Crippen molar-refractivity contribution >= 4 is 14.5 Å². The van der Waals surface area contributed by atoms with Crippen LogP contribution in [0, 0.1) is 0 Å². The van der Waals surface area contributed by atoms with Crippen molar-refractivity contribution in [2.75, 3.05) is 26.4 Å². The second-order valence-corrected chi connectivity index (χ2v) is 6.65. The van der Waals surface area contributed by atoms with Crippen molar-refractivity contribution in [1.29, 1.82) is 0 Å². The maximum Gasteiger partial charge on any atom is 0.500 e. The molecular formula is C12H27NO3Si. The van der Waals surface area contributed by atoms with Crippen LogP contribution in [0.15, 0.2) is 4.99 Å². The second-order valence-electron chi connectivity index (χ2n) is 3.91. The molecule has 0 heterocycles. The van der Waals surface area contributed by atoms with Gasteiger partial charge in [-0.2, -0.15) is 0 Å². The van der Waals surface area contributed by atoms with E-state index in [-0.39, 0.29) is 0 Å². The molecule has 0 aromatic carbocycles. The molecular weight excluding hydrogens is 234 g/mol. The molecule has 0 atom stereocenters. The summed E-state index contributed by atoms with van der Waals surface area (Å²) in [6, 6.07) is 0.847. The zero-order valence-electron chi connectivity index (χ0n) is 11.9.